The molecular formula is C22H29N3O3. The summed E-state index contributed by atoms with van der Waals surface area (Å²) in [5.74, 6) is 0.370. The predicted molar refractivity (Wildman–Crippen MR) is 113 cm³/mol. The summed E-state index contributed by atoms with van der Waals surface area (Å²) in [5.41, 5.74) is 7.92. The van der Waals surface area contributed by atoms with E-state index in [2.05, 4.69) is 48.7 Å². The van der Waals surface area contributed by atoms with Gasteiger partial charge in [0.1, 0.15) is 12.4 Å². The third-order valence-corrected chi connectivity index (χ3v) is 3.92. The SMILES string of the molecule is CCOC(=O)C(=NCCOc1ccc(C(C)(C)C)cc1)NNc1ccccc1. The molecule has 0 unspecified atom stereocenters. The van der Waals surface area contributed by atoms with E-state index in [1.807, 2.05) is 42.5 Å². The molecule has 2 aromatic rings. The quantitative estimate of drug-likeness (QED) is 0.249. The smallest absolute Gasteiger partial charge is 0.375 e. The Morgan fingerprint density at radius 3 is 2.32 bits per heavy atom. The second kappa shape index (κ2) is 10.3. The Hall–Kier alpha value is -3.02. The number of nitrogens with zero attached hydrogens (tertiary/aromatic N) is 1. The lowest BCUT2D eigenvalue weighted by atomic mass is 9.87. The number of rotatable bonds is 7. The topological polar surface area (TPSA) is 72.0 Å². The number of hydrazine groups is 1. The number of benzene rings is 2. The van der Waals surface area contributed by atoms with Gasteiger partial charge in [-0.15, -0.1) is 0 Å². The molecule has 0 saturated heterocycles. The maximum absolute atomic E-state index is 12.1. The van der Waals surface area contributed by atoms with Crippen LogP contribution in [0.15, 0.2) is 59.6 Å². The highest BCUT2D eigenvalue weighted by atomic mass is 16.5. The summed E-state index contributed by atoms with van der Waals surface area (Å²) in [6.07, 6.45) is 0. The molecule has 0 heterocycles. The highest BCUT2D eigenvalue weighted by Crippen LogP contribution is 2.24. The van der Waals surface area contributed by atoms with Gasteiger partial charge >= 0.3 is 5.97 Å². The first kappa shape index (κ1) is 21.3. The molecule has 6 heteroatoms. The lowest BCUT2D eigenvalue weighted by Crippen LogP contribution is -2.37. The van der Waals surface area contributed by atoms with Crippen LogP contribution in [0.2, 0.25) is 0 Å². The van der Waals surface area contributed by atoms with Gasteiger partial charge in [-0.25, -0.2) is 4.79 Å². The Morgan fingerprint density at radius 1 is 1.04 bits per heavy atom. The summed E-state index contributed by atoms with van der Waals surface area (Å²) in [4.78, 5) is 16.3. The van der Waals surface area contributed by atoms with E-state index in [4.69, 9.17) is 9.47 Å². The van der Waals surface area contributed by atoms with Crippen molar-refractivity contribution in [1.29, 1.82) is 0 Å². The van der Waals surface area contributed by atoms with E-state index in [1.54, 1.807) is 6.92 Å². The first-order valence-corrected chi connectivity index (χ1v) is 9.42. The number of carbonyl (C=O) groups is 1. The number of nitrogens with one attached hydrogen (secondary N) is 2. The fourth-order valence-corrected chi connectivity index (χ4v) is 2.38. The van der Waals surface area contributed by atoms with Crippen molar-refractivity contribution >= 4 is 17.5 Å². The molecule has 0 fully saturated rings. The number of esters is 1. The van der Waals surface area contributed by atoms with Crippen LogP contribution in [0.5, 0.6) is 5.75 Å². The van der Waals surface area contributed by atoms with E-state index in [9.17, 15) is 4.79 Å². The van der Waals surface area contributed by atoms with Crippen LogP contribution in [-0.4, -0.2) is 31.6 Å². The number of hydrogen-bond donors (Lipinski definition) is 2. The predicted octanol–water partition coefficient (Wildman–Crippen LogP) is 3.94. The molecule has 2 rings (SSSR count). The minimum Gasteiger partial charge on any atom is -0.492 e. The standard InChI is InChI=1S/C22H29N3O3/c1-5-27-21(26)20(25-24-18-9-7-6-8-10-18)23-15-16-28-19-13-11-17(12-14-19)22(2,3)4/h6-14,24H,5,15-16H2,1-4H3,(H,23,25). The van der Waals surface area contributed by atoms with Gasteiger partial charge in [0.05, 0.1) is 18.8 Å². The fraction of sp³-hybridized carbons (Fsp3) is 0.364. The molecule has 0 aliphatic rings. The number of hydrogen-bond acceptors (Lipinski definition) is 5. The van der Waals surface area contributed by atoms with Crippen molar-refractivity contribution in [3.8, 4) is 5.75 Å². The van der Waals surface area contributed by atoms with Crippen molar-refractivity contribution in [2.75, 3.05) is 25.2 Å². The Kier molecular flexibility index (Phi) is 7.87. The largest absolute Gasteiger partial charge is 0.492 e. The molecule has 2 N–H and O–H groups in total. The van der Waals surface area contributed by atoms with E-state index >= 15 is 0 Å². The van der Waals surface area contributed by atoms with Gasteiger partial charge in [-0.3, -0.25) is 15.8 Å². The average Bonchev–Trinajstić information content (AvgIpc) is 2.68. The molecule has 0 aliphatic carbocycles. The number of amidine groups is 1. The summed E-state index contributed by atoms with van der Waals surface area (Å²) in [7, 11) is 0. The lowest BCUT2D eigenvalue weighted by molar-refractivity contribution is -0.135. The second-order valence-corrected chi connectivity index (χ2v) is 7.19. The van der Waals surface area contributed by atoms with Crippen molar-refractivity contribution in [2.45, 2.75) is 33.1 Å². The van der Waals surface area contributed by atoms with Crippen LogP contribution in [0.25, 0.3) is 0 Å². The normalized spacial score (nSPS) is 11.6. The van der Waals surface area contributed by atoms with Crippen LogP contribution in [-0.2, 0) is 14.9 Å². The average molecular weight is 383 g/mol. The van der Waals surface area contributed by atoms with Crippen LogP contribution in [0.3, 0.4) is 0 Å². The van der Waals surface area contributed by atoms with Crippen LogP contribution < -0.4 is 15.6 Å². The van der Waals surface area contributed by atoms with Gasteiger partial charge in [0.25, 0.3) is 0 Å². The third kappa shape index (κ3) is 6.95. The molecule has 0 radical (unpaired) electrons. The first-order chi connectivity index (χ1) is 13.4. The zero-order valence-electron chi connectivity index (χ0n) is 17.0. The summed E-state index contributed by atoms with van der Waals surface area (Å²) in [5, 5.41) is 0. The zero-order chi connectivity index (χ0) is 20.4. The minimum atomic E-state index is -0.513. The Morgan fingerprint density at radius 2 is 1.71 bits per heavy atom. The number of para-hydroxylation sites is 1. The molecule has 0 bridgehead atoms. The van der Waals surface area contributed by atoms with Crippen LogP contribution in [0.4, 0.5) is 5.69 Å². The zero-order valence-corrected chi connectivity index (χ0v) is 17.0. The van der Waals surface area contributed by atoms with Gasteiger partial charge in [0, 0.05) is 0 Å². The molecule has 0 saturated carbocycles. The van der Waals surface area contributed by atoms with Gasteiger partial charge in [-0.1, -0.05) is 51.1 Å². The summed E-state index contributed by atoms with van der Waals surface area (Å²) >= 11 is 0. The van der Waals surface area contributed by atoms with Crippen molar-refractivity contribution in [3.05, 3.63) is 60.2 Å². The molecule has 6 nitrogen and oxygen atoms in total. The molecule has 2 aromatic carbocycles. The molecular weight excluding hydrogens is 354 g/mol. The van der Waals surface area contributed by atoms with Gasteiger partial charge < -0.3 is 9.47 Å². The first-order valence-electron chi connectivity index (χ1n) is 9.42. The van der Waals surface area contributed by atoms with Gasteiger partial charge in [-0.2, -0.15) is 0 Å². The van der Waals surface area contributed by atoms with E-state index in [1.165, 1.54) is 5.56 Å². The number of anilines is 1. The number of carbonyl (C=O) groups excluding carboxylic acids is 1. The number of aliphatic imine (C=N–C) groups is 1. The molecule has 0 aliphatic heterocycles. The highest BCUT2D eigenvalue weighted by molar-refractivity contribution is 6.35. The van der Waals surface area contributed by atoms with Gasteiger partial charge in [0.2, 0.25) is 5.84 Å². The summed E-state index contributed by atoms with van der Waals surface area (Å²) < 4.78 is 10.8. The molecule has 28 heavy (non-hydrogen) atoms. The maximum atomic E-state index is 12.1. The molecule has 150 valence electrons. The highest BCUT2D eigenvalue weighted by Gasteiger charge is 2.13. The van der Waals surface area contributed by atoms with E-state index < -0.39 is 5.97 Å². The van der Waals surface area contributed by atoms with Crippen molar-refractivity contribution < 1.29 is 14.3 Å². The Bertz CT molecular complexity index is 766. The molecule has 0 amide bonds. The number of ether oxygens (including phenoxy) is 2. The monoisotopic (exact) mass is 383 g/mol. The molecule has 0 atom stereocenters. The fourth-order valence-electron chi connectivity index (χ4n) is 2.38. The Balaban J connectivity index is 1.89. The molecule has 0 aromatic heterocycles. The van der Waals surface area contributed by atoms with Crippen LogP contribution in [0, 0.1) is 0 Å². The Labute approximate surface area is 166 Å². The summed E-state index contributed by atoms with van der Waals surface area (Å²) in [6, 6.07) is 17.5. The molecule has 0 spiro atoms. The minimum absolute atomic E-state index is 0.106. The van der Waals surface area contributed by atoms with Gasteiger partial charge in [0.15, 0.2) is 0 Å². The maximum Gasteiger partial charge on any atom is 0.375 e. The van der Waals surface area contributed by atoms with E-state index in [0.717, 1.165) is 11.4 Å². The van der Waals surface area contributed by atoms with Gasteiger partial charge in [-0.05, 0) is 42.2 Å². The third-order valence-electron chi connectivity index (χ3n) is 3.92. The van der Waals surface area contributed by atoms with Crippen LogP contribution in [0.1, 0.15) is 33.3 Å². The van der Waals surface area contributed by atoms with E-state index in [0.29, 0.717) is 13.2 Å². The summed E-state index contributed by atoms with van der Waals surface area (Å²) in [6.45, 7) is 9.22. The lowest BCUT2D eigenvalue weighted by Gasteiger charge is -2.19. The van der Waals surface area contributed by atoms with Crippen molar-refractivity contribution in [1.82, 2.24) is 5.43 Å². The van der Waals surface area contributed by atoms with Crippen molar-refractivity contribution in [3.63, 3.8) is 0 Å². The second-order valence-electron chi connectivity index (χ2n) is 7.19. The van der Waals surface area contributed by atoms with Crippen LogP contribution >= 0.6 is 0 Å². The van der Waals surface area contributed by atoms with E-state index in [-0.39, 0.29) is 17.9 Å². The van der Waals surface area contributed by atoms with Crippen molar-refractivity contribution in [2.24, 2.45) is 4.99 Å².